The normalized spacial score (nSPS) is 13.7. The Hall–Kier alpha value is -1.43. The van der Waals surface area contributed by atoms with Gasteiger partial charge >= 0.3 is 0 Å². The Kier molecular flexibility index (Phi) is 45.1. The molecule has 3 unspecified atom stereocenters. The van der Waals surface area contributed by atoms with Crippen molar-refractivity contribution in [2.75, 3.05) is 6.61 Å². The predicted molar refractivity (Wildman–Crippen MR) is 245 cm³/mol. The summed E-state index contributed by atoms with van der Waals surface area (Å²) in [6.45, 7) is 4.17. The summed E-state index contributed by atoms with van der Waals surface area (Å²) >= 11 is 0. The quantitative estimate of drug-likeness (QED) is 0.0365. The molecular formula is C51H97NO4. The number of carbonyl (C=O) groups excluding carboxylic acids is 1. The number of nitrogens with one attached hydrogen (secondary N) is 1. The second-order valence-electron chi connectivity index (χ2n) is 17.0. The number of rotatable bonds is 45. The highest BCUT2D eigenvalue weighted by Gasteiger charge is 2.22. The van der Waals surface area contributed by atoms with E-state index in [4.69, 9.17) is 0 Å². The zero-order valence-electron chi connectivity index (χ0n) is 37.5. The largest absolute Gasteiger partial charge is 0.394 e. The molecule has 0 aliphatic carbocycles. The Morgan fingerprint density at radius 3 is 1.09 bits per heavy atom. The first kappa shape index (κ1) is 54.6. The van der Waals surface area contributed by atoms with Crippen molar-refractivity contribution >= 4 is 5.91 Å². The third-order valence-electron chi connectivity index (χ3n) is 11.5. The summed E-state index contributed by atoms with van der Waals surface area (Å²) in [5.41, 5.74) is 0. The first-order valence-electron chi connectivity index (χ1n) is 24.8. The minimum atomic E-state index is -1.11. The molecule has 1 amide bonds. The van der Waals surface area contributed by atoms with Gasteiger partial charge in [0.05, 0.1) is 18.8 Å². The summed E-state index contributed by atoms with van der Waals surface area (Å²) in [6, 6.07) is -0.818. The van der Waals surface area contributed by atoms with E-state index in [2.05, 4.69) is 43.5 Å². The van der Waals surface area contributed by atoms with E-state index in [-0.39, 0.29) is 6.61 Å². The first-order valence-corrected chi connectivity index (χ1v) is 24.8. The minimum absolute atomic E-state index is 0.379. The molecule has 0 aromatic rings. The third kappa shape index (κ3) is 40.8. The molecule has 0 aliphatic heterocycles. The number of hydrogen-bond donors (Lipinski definition) is 4. The lowest BCUT2D eigenvalue weighted by Crippen LogP contribution is -2.48. The number of hydrogen-bond acceptors (Lipinski definition) is 4. The van der Waals surface area contributed by atoms with E-state index in [1.807, 2.05) is 6.08 Å². The lowest BCUT2D eigenvalue weighted by atomic mass is 10.0. The standard InChI is InChI=1S/C51H97NO4/c1-3-5-7-9-11-13-15-17-19-20-21-22-23-24-25-26-27-28-29-30-32-34-36-38-40-42-44-46-50(55)51(56)52-48(47-53)49(54)45-43-41-39-37-35-33-31-18-16-14-12-10-8-6-4-2/h16,18,35,37,43,45,48-50,53-55H,3-15,17,19-34,36,38-42,44,46-47H2,1-2H3,(H,52,56)/b18-16+,37-35+,45-43+. The smallest absolute Gasteiger partial charge is 0.249 e. The topological polar surface area (TPSA) is 89.8 Å². The van der Waals surface area contributed by atoms with Gasteiger partial charge in [-0.15, -0.1) is 0 Å². The maximum atomic E-state index is 12.5. The van der Waals surface area contributed by atoms with Gasteiger partial charge in [0.2, 0.25) is 5.91 Å². The zero-order valence-corrected chi connectivity index (χ0v) is 37.5. The molecule has 0 bridgehead atoms. The van der Waals surface area contributed by atoms with Crippen LogP contribution in [-0.4, -0.2) is 46.1 Å². The summed E-state index contributed by atoms with van der Waals surface area (Å²) in [5, 5.41) is 33.2. The van der Waals surface area contributed by atoms with E-state index < -0.39 is 24.2 Å². The molecule has 5 nitrogen and oxygen atoms in total. The molecule has 0 aromatic heterocycles. The Labute approximate surface area is 349 Å². The molecule has 5 heteroatoms. The Morgan fingerprint density at radius 2 is 0.732 bits per heavy atom. The van der Waals surface area contributed by atoms with E-state index in [1.54, 1.807) is 6.08 Å². The zero-order chi connectivity index (χ0) is 40.8. The fourth-order valence-electron chi connectivity index (χ4n) is 7.57. The summed E-state index contributed by atoms with van der Waals surface area (Å²) in [4.78, 5) is 12.5. The van der Waals surface area contributed by atoms with Crippen LogP contribution in [0.3, 0.4) is 0 Å². The van der Waals surface area contributed by atoms with Gasteiger partial charge in [0.25, 0.3) is 0 Å². The summed E-state index contributed by atoms with van der Waals surface area (Å²) in [5.74, 6) is -0.514. The fourth-order valence-corrected chi connectivity index (χ4v) is 7.57. The highest BCUT2D eigenvalue weighted by Crippen LogP contribution is 2.17. The summed E-state index contributed by atoms with van der Waals surface area (Å²) in [7, 11) is 0. The maximum Gasteiger partial charge on any atom is 0.249 e. The number of allylic oxidation sites excluding steroid dienone is 5. The lowest BCUT2D eigenvalue weighted by Gasteiger charge is -2.21. The fraction of sp³-hybridized carbons (Fsp3) is 0.863. The Morgan fingerprint density at radius 1 is 0.429 bits per heavy atom. The molecule has 0 heterocycles. The second-order valence-corrected chi connectivity index (χ2v) is 17.0. The van der Waals surface area contributed by atoms with Crippen molar-refractivity contribution in [2.45, 2.75) is 276 Å². The van der Waals surface area contributed by atoms with Crippen molar-refractivity contribution in [3.05, 3.63) is 36.5 Å². The van der Waals surface area contributed by atoms with Crippen LogP contribution >= 0.6 is 0 Å². The van der Waals surface area contributed by atoms with Crippen LogP contribution in [0.15, 0.2) is 36.5 Å². The number of amides is 1. The predicted octanol–water partition coefficient (Wildman–Crippen LogP) is 14.7. The van der Waals surface area contributed by atoms with Crippen molar-refractivity contribution in [3.63, 3.8) is 0 Å². The molecular weight excluding hydrogens is 691 g/mol. The van der Waals surface area contributed by atoms with E-state index in [0.717, 1.165) is 44.9 Å². The van der Waals surface area contributed by atoms with Crippen molar-refractivity contribution in [1.29, 1.82) is 0 Å². The molecule has 0 spiro atoms. The number of aliphatic hydroxyl groups is 3. The van der Waals surface area contributed by atoms with Crippen molar-refractivity contribution in [3.8, 4) is 0 Å². The van der Waals surface area contributed by atoms with E-state index in [1.165, 1.54) is 193 Å². The number of aliphatic hydroxyl groups excluding tert-OH is 3. The van der Waals surface area contributed by atoms with Gasteiger partial charge in [-0.25, -0.2) is 0 Å². The summed E-state index contributed by atoms with van der Waals surface area (Å²) < 4.78 is 0. The average Bonchev–Trinajstić information content (AvgIpc) is 3.20. The average molecular weight is 788 g/mol. The molecule has 0 fully saturated rings. The SMILES string of the molecule is CCCCCCC/C=C/CC/C=C/CC/C=C/C(O)C(CO)NC(=O)C(O)CCCCCCCCCCCCCCCCCCCCCCCCCCCCC. The third-order valence-corrected chi connectivity index (χ3v) is 11.5. The Balaban J connectivity index is 3.59. The van der Waals surface area contributed by atoms with E-state index in [9.17, 15) is 20.1 Å². The van der Waals surface area contributed by atoms with Crippen LogP contribution < -0.4 is 5.32 Å². The molecule has 0 radical (unpaired) electrons. The molecule has 0 rings (SSSR count). The molecule has 3 atom stereocenters. The highest BCUT2D eigenvalue weighted by atomic mass is 16.3. The van der Waals surface area contributed by atoms with Crippen molar-refractivity contribution < 1.29 is 20.1 Å². The van der Waals surface area contributed by atoms with Gasteiger partial charge in [-0.05, 0) is 44.9 Å². The summed E-state index contributed by atoms with van der Waals surface area (Å²) in [6.07, 6.45) is 59.2. The Bertz CT molecular complexity index is 870. The van der Waals surface area contributed by atoms with Crippen molar-refractivity contribution in [1.82, 2.24) is 5.32 Å². The van der Waals surface area contributed by atoms with E-state index >= 15 is 0 Å². The molecule has 0 saturated carbocycles. The van der Waals surface area contributed by atoms with Gasteiger partial charge in [0.15, 0.2) is 0 Å². The molecule has 0 aliphatic rings. The number of carbonyl (C=O) groups is 1. The monoisotopic (exact) mass is 788 g/mol. The van der Waals surface area contributed by atoms with Gasteiger partial charge < -0.3 is 20.6 Å². The molecule has 4 N–H and O–H groups in total. The van der Waals surface area contributed by atoms with Crippen LogP contribution in [0.25, 0.3) is 0 Å². The molecule has 330 valence electrons. The molecule has 0 saturated heterocycles. The molecule has 0 aromatic carbocycles. The van der Waals surface area contributed by atoms with Gasteiger partial charge in [0.1, 0.15) is 6.10 Å². The van der Waals surface area contributed by atoms with Crippen molar-refractivity contribution in [2.24, 2.45) is 0 Å². The van der Waals surface area contributed by atoms with Gasteiger partial charge in [-0.1, -0.05) is 249 Å². The second kappa shape index (κ2) is 46.3. The number of unbranched alkanes of at least 4 members (excludes halogenated alkanes) is 33. The van der Waals surface area contributed by atoms with Crippen LogP contribution in [0.2, 0.25) is 0 Å². The van der Waals surface area contributed by atoms with Gasteiger partial charge in [0, 0.05) is 0 Å². The van der Waals surface area contributed by atoms with Crippen LogP contribution in [0, 0.1) is 0 Å². The lowest BCUT2D eigenvalue weighted by molar-refractivity contribution is -0.131. The maximum absolute atomic E-state index is 12.5. The van der Waals surface area contributed by atoms with Crippen LogP contribution in [-0.2, 0) is 4.79 Å². The van der Waals surface area contributed by atoms with Gasteiger partial charge in [-0.2, -0.15) is 0 Å². The molecule has 56 heavy (non-hydrogen) atoms. The van der Waals surface area contributed by atoms with Crippen LogP contribution in [0.5, 0.6) is 0 Å². The van der Waals surface area contributed by atoms with Crippen LogP contribution in [0.4, 0.5) is 0 Å². The van der Waals surface area contributed by atoms with E-state index in [0.29, 0.717) is 6.42 Å². The van der Waals surface area contributed by atoms with Gasteiger partial charge in [-0.3, -0.25) is 4.79 Å². The minimum Gasteiger partial charge on any atom is -0.394 e. The first-order chi connectivity index (χ1) is 27.6. The highest BCUT2D eigenvalue weighted by molar-refractivity contribution is 5.80. The van der Waals surface area contributed by atoms with Crippen LogP contribution in [0.1, 0.15) is 258 Å².